The maximum Gasteiger partial charge on any atom is 0.150 e. The fourth-order valence-corrected chi connectivity index (χ4v) is 2.87. The summed E-state index contributed by atoms with van der Waals surface area (Å²) >= 11 is 3.40. The van der Waals surface area contributed by atoms with Gasteiger partial charge in [-0.1, -0.05) is 0 Å². The number of fused-ring (bicyclic) bond motifs is 1. The smallest absolute Gasteiger partial charge is 0.150 e. The molecule has 1 aromatic heterocycles. The third kappa shape index (κ3) is 1.38. The maximum atomic E-state index is 13.2. The quantitative estimate of drug-likeness (QED) is 0.582. The van der Waals surface area contributed by atoms with E-state index in [0.717, 1.165) is 10.1 Å². The Balaban J connectivity index is 2.95. The monoisotopic (exact) mass is 306 g/mol. The molecule has 2 rings (SSSR count). The molecule has 13 heavy (non-hydrogen) atoms. The van der Waals surface area contributed by atoms with Crippen molar-refractivity contribution in [3.8, 4) is 0 Å². The molecular weight excluding hydrogens is 302 g/mol. The Morgan fingerprint density at radius 2 is 2.31 bits per heavy atom. The van der Waals surface area contributed by atoms with Crippen LogP contribution in [0.1, 0.15) is 10.4 Å². The van der Waals surface area contributed by atoms with E-state index in [4.69, 9.17) is 0 Å². The van der Waals surface area contributed by atoms with Crippen molar-refractivity contribution in [3.63, 3.8) is 0 Å². The molecule has 0 N–H and O–H groups in total. The first-order valence-electron chi connectivity index (χ1n) is 3.54. The van der Waals surface area contributed by atoms with Gasteiger partial charge in [-0.2, -0.15) is 0 Å². The highest BCUT2D eigenvalue weighted by Crippen LogP contribution is 2.30. The van der Waals surface area contributed by atoms with Gasteiger partial charge < -0.3 is 0 Å². The summed E-state index contributed by atoms with van der Waals surface area (Å²) in [6, 6.07) is 3.12. The fraction of sp³-hybridized carbons (Fsp3) is 0. The maximum absolute atomic E-state index is 13.2. The average molecular weight is 306 g/mol. The van der Waals surface area contributed by atoms with Crippen LogP contribution >= 0.6 is 33.9 Å². The number of thiophene rings is 1. The average Bonchev–Trinajstić information content (AvgIpc) is 2.60. The molecule has 0 bridgehead atoms. The van der Waals surface area contributed by atoms with Crippen LogP contribution in [0.4, 0.5) is 4.39 Å². The second-order valence-corrected chi connectivity index (χ2v) is 4.54. The molecule has 0 atom stereocenters. The Kier molecular flexibility index (Phi) is 2.33. The lowest BCUT2D eigenvalue weighted by molar-refractivity contribution is 0.112. The molecule has 0 spiro atoms. The van der Waals surface area contributed by atoms with Crippen molar-refractivity contribution in [2.24, 2.45) is 0 Å². The van der Waals surface area contributed by atoms with E-state index in [1.54, 1.807) is 0 Å². The van der Waals surface area contributed by atoms with Crippen LogP contribution in [0.25, 0.3) is 10.1 Å². The van der Waals surface area contributed by atoms with Crippen LogP contribution in [0, 0.1) is 9.39 Å². The molecule has 66 valence electrons. The predicted molar refractivity (Wildman–Crippen MR) is 59.9 cm³/mol. The van der Waals surface area contributed by atoms with Gasteiger partial charge in [0.25, 0.3) is 0 Å². The van der Waals surface area contributed by atoms with Crippen LogP contribution in [0.5, 0.6) is 0 Å². The molecule has 0 radical (unpaired) electrons. The first kappa shape index (κ1) is 9.08. The highest BCUT2D eigenvalue weighted by molar-refractivity contribution is 14.1. The summed E-state index contributed by atoms with van der Waals surface area (Å²) in [5.41, 5.74) is 0.425. The summed E-state index contributed by atoms with van der Waals surface area (Å²) in [6.07, 6.45) is 0.689. The van der Waals surface area contributed by atoms with Crippen molar-refractivity contribution in [1.82, 2.24) is 0 Å². The minimum Gasteiger partial charge on any atom is -0.298 e. The van der Waals surface area contributed by atoms with Gasteiger partial charge in [-0.15, -0.1) is 11.3 Å². The highest BCUT2D eigenvalue weighted by atomic mass is 127. The second-order valence-electron chi connectivity index (χ2n) is 2.54. The van der Waals surface area contributed by atoms with E-state index in [2.05, 4.69) is 0 Å². The third-order valence-corrected chi connectivity index (χ3v) is 4.15. The molecule has 4 heteroatoms. The Morgan fingerprint density at radius 1 is 1.54 bits per heavy atom. The van der Waals surface area contributed by atoms with Crippen molar-refractivity contribution in [2.45, 2.75) is 0 Å². The Hall–Kier alpha value is -0.490. The number of hydrogen-bond acceptors (Lipinski definition) is 2. The van der Waals surface area contributed by atoms with Crippen molar-refractivity contribution in [2.75, 3.05) is 0 Å². The van der Waals surface area contributed by atoms with Gasteiger partial charge in [-0.05, 0) is 40.1 Å². The standard InChI is InChI=1S/C9H4FIOS/c10-7-3-5(4-12)6-1-2-13-9(6)8(7)11/h1-4H. The van der Waals surface area contributed by atoms with E-state index >= 15 is 0 Å². The SMILES string of the molecule is O=Cc1cc(F)c(I)c2sccc12. The topological polar surface area (TPSA) is 17.1 Å². The summed E-state index contributed by atoms with van der Waals surface area (Å²) < 4.78 is 14.7. The van der Waals surface area contributed by atoms with Crippen molar-refractivity contribution in [3.05, 3.63) is 32.5 Å². The lowest BCUT2D eigenvalue weighted by atomic mass is 10.1. The third-order valence-electron chi connectivity index (χ3n) is 1.79. The van der Waals surface area contributed by atoms with Crippen molar-refractivity contribution < 1.29 is 9.18 Å². The van der Waals surface area contributed by atoms with Gasteiger partial charge in [0, 0.05) is 10.9 Å². The minimum absolute atomic E-state index is 0.322. The largest absolute Gasteiger partial charge is 0.298 e. The molecule has 0 aliphatic carbocycles. The molecule has 0 amide bonds. The van der Waals surface area contributed by atoms with E-state index in [9.17, 15) is 9.18 Å². The lowest BCUT2D eigenvalue weighted by Gasteiger charge is -1.98. The van der Waals surface area contributed by atoms with Crippen LogP contribution in [0.3, 0.4) is 0 Å². The van der Waals surface area contributed by atoms with Crippen LogP contribution in [-0.4, -0.2) is 6.29 Å². The lowest BCUT2D eigenvalue weighted by Crippen LogP contribution is -1.87. The zero-order valence-corrected chi connectivity index (χ0v) is 9.36. The minimum atomic E-state index is -0.322. The van der Waals surface area contributed by atoms with Gasteiger partial charge in [0.2, 0.25) is 0 Å². The van der Waals surface area contributed by atoms with Crippen molar-refractivity contribution in [1.29, 1.82) is 0 Å². The van der Waals surface area contributed by atoms with E-state index in [1.165, 1.54) is 17.4 Å². The molecular formula is C9H4FIOS. The molecule has 0 aliphatic heterocycles. The van der Waals surface area contributed by atoms with Crippen LogP contribution in [0.2, 0.25) is 0 Å². The number of rotatable bonds is 1. The van der Waals surface area contributed by atoms with E-state index in [0.29, 0.717) is 15.4 Å². The number of carbonyl (C=O) groups excluding carboxylic acids is 1. The van der Waals surface area contributed by atoms with Gasteiger partial charge in [0.1, 0.15) is 5.82 Å². The second kappa shape index (κ2) is 3.34. The predicted octanol–water partition coefficient (Wildman–Crippen LogP) is 3.46. The summed E-state index contributed by atoms with van der Waals surface area (Å²) in [7, 11) is 0. The summed E-state index contributed by atoms with van der Waals surface area (Å²) in [5, 5.41) is 2.70. The first-order chi connectivity index (χ1) is 6.24. The number of aldehydes is 1. The Labute approximate surface area is 91.7 Å². The molecule has 2 aromatic rings. The molecule has 1 aromatic carbocycles. The molecule has 0 aliphatic rings. The molecule has 0 saturated heterocycles. The van der Waals surface area contributed by atoms with E-state index in [-0.39, 0.29) is 5.82 Å². The van der Waals surface area contributed by atoms with E-state index in [1.807, 2.05) is 34.0 Å². The van der Waals surface area contributed by atoms with Gasteiger partial charge in [0.05, 0.1) is 8.27 Å². The normalized spacial score (nSPS) is 10.6. The Bertz CT molecular complexity index is 478. The number of carbonyl (C=O) groups is 1. The van der Waals surface area contributed by atoms with Gasteiger partial charge in [0.15, 0.2) is 6.29 Å². The van der Waals surface area contributed by atoms with Gasteiger partial charge in [-0.25, -0.2) is 4.39 Å². The summed E-state index contributed by atoms with van der Waals surface area (Å²) in [4.78, 5) is 10.6. The summed E-state index contributed by atoms with van der Waals surface area (Å²) in [5.74, 6) is -0.322. The number of halogens is 2. The zero-order valence-electron chi connectivity index (χ0n) is 6.38. The molecule has 0 fully saturated rings. The van der Waals surface area contributed by atoms with Crippen LogP contribution in [-0.2, 0) is 0 Å². The molecule has 1 nitrogen and oxygen atoms in total. The van der Waals surface area contributed by atoms with Gasteiger partial charge >= 0.3 is 0 Å². The van der Waals surface area contributed by atoms with E-state index < -0.39 is 0 Å². The molecule has 0 unspecified atom stereocenters. The number of hydrogen-bond donors (Lipinski definition) is 0. The van der Waals surface area contributed by atoms with Gasteiger partial charge in [-0.3, -0.25) is 4.79 Å². The molecule has 0 saturated carbocycles. The highest BCUT2D eigenvalue weighted by Gasteiger charge is 2.10. The van der Waals surface area contributed by atoms with Crippen LogP contribution in [0.15, 0.2) is 17.5 Å². The number of benzene rings is 1. The van der Waals surface area contributed by atoms with Crippen LogP contribution < -0.4 is 0 Å². The Morgan fingerprint density at radius 3 is 3.00 bits per heavy atom. The molecule has 1 heterocycles. The first-order valence-corrected chi connectivity index (χ1v) is 5.50. The summed E-state index contributed by atoms with van der Waals surface area (Å²) in [6.45, 7) is 0. The fourth-order valence-electron chi connectivity index (χ4n) is 1.19. The van der Waals surface area contributed by atoms with Crippen molar-refractivity contribution >= 4 is 50.3 Å². The zero-order chi connectivity index (χ0) is 9.42.